The second-order valence-corrected chi connectivity index (χ2v) is 9.47. The molecular formula is C18H21NO2S3. The molecule has 0 saturated heterocycles. The van der Waals surface area contributed by atoms with Gasteiger partial charge in [0.25, 0.3) is 0 Å². The van der Waals surface area contributed by atoms with Crippen molar-refractivity contribution in [3.05, 3.63) is 26.9 Å². The first-order valence-electron chi connectivity index (χ1n) is 8.04. The van der Waals surface area contributed by atoms with Crippen molar-refractivity contribution in [1.29, 1.82) is 0 Å². The van der Waals surface area contributed by atoms with Crippen LogP contribution < -0.4 is 9.64 Å². The van der Waals surface area contributed by atoms with Crippen LogP contribution in [0.1, 0.15) is 39.5 Å². The number of anilines is 1. The van der Waals surface area contributed by atoms with Gasteiger partial charge in [-0.25, -0.2) is 0 Å². The zero-order chi connectivity index (χ0) is 17.6. The first-order chi connectivity index (χ1) is 11.3. The summed E-state index contributed by atoms with van der Waals surface area (Å²) in [6, 6.07) is 5.94. The normalized spacial score (nSPS) is 15.2. The van der Waals surface area contributed by atoms with E-state index >= 15 is 0 Å². The topological polar surface area (TPSA) is 29.5 Å². The summed E-state index contributed by atoms with van der Waals surface area (Å²) in [5.41, 5.74) is 2.61. The molecule has 1 aromatic heterocycles. The van der Waals surface area contributed by atoms with Gasteiger partial charge < -0.3 is 9.64 Å². The summed E-state index contributed by atoms with van der Waals surface area (Å²) >= 11 is 5.60. The van der Waals surface area contributed by atoms with Crippen LogP contribution in [0.3, 0.4) is 0 Å². The summed E-state index contributed by atoms with van der Waals surface area (Å²) in [4.78, 5) is 16.1. The summed E-state index contributed by atoms with van der Waals surface area (Å²) in [5, 5.41) is 0. The van der Waals surface area contributed by atoms with Crippen LogP contribution in [0, 0.1) is 9.74 Å². The fourth-order valence-electron chi connectivity index (χ4n) is 3.12. The Labute approximate surface area is 155 Å². The second-order valence-electron chi connectivity index (χ2n) is 6.66. The van der Waals surface area contributed by atoms with Crippen LogP contribution in [0.5, 0.6) is 5.75 Å². The molecule has 0 atom stereocenters. The number of ether oxygens (including phenoxy) is 1. The maximum atomic E-state index is 13.0. The molecule has 6 heteroatoms. The molecule has 2 heterocycles. The molecule has 3 nitrogen and oxygen atoms in total. The zero-order valence-corrected chi connectivity index (χ0v) is 17.0. The third-order valence-corrected chi connectivity index (χ3v) is 7.58. The standard InChI is InChI=1S/C18H21NO2S3/c1-6-21-11-7-8-13-12(9-11)14-15(23-24-17(14)22)18(4,5)19(13)16(20)10(2)3/h7-10H,6H2,1-5H3. The average Bonchev–Trinajstić information content (AvgIpc) is 2.91. The van der Waals surface area contributed by atoms with Crippen molar-refractivity contribution in [3.8, 4) is 16.9 Å². The lowest BCUT2D eigenvalue weighted by Crippen LogP contribution is -2.49. The number of fused-ring (bicyclic) bond motifs is 3. The molecule has 0 fully saturated rings. The molecule has 0 N–H and O–H groups in total. The fourth-order valence-corrected chi connectivity index (χ4v) is 6.40. The molecule has 2 aromatic rings. The molecule has 1 aliphatic heterocycles. The smallest absolute Gasteiger partial charge is 0.230 e. The van der Waals surface area contributed by atoms with Crippen LogP contribution >= 0.6 is 32.9 Å². The molecular weight excluding hydrogens is 358 g/mol. The van der Waals surface area contributed by atoms with Crippen molar-refractivity contribution in [2.75, 3.05) is 11.5 Å². The van der Waals surface area contributed by atoms with Gasteiger partial charge in [0.05, 0.1) is 22.7 Å². The summed E-state index contributed by atoms with van der Waals surface area (Å²) in [5.74, 6) is 0.863. The molecule has 1 aliphatic rings. The van der Waals surface area contributed by atoms with E-state index in [1.165, 1.54) is 0 Å². The molecule has 0 spiro atoms. The highest BCUT2D eigenvalue weighted by molar-refractivity contribution is 7.80. The number of benzene rings is 1. The van der Waals surface area contributed by atoms with Crippen molar-refractivity contribution >= 4 is 44.5 Å². The average molecular weight is 380 g/mol. The third kappa shape index (κ3) is 2.61. The van der Waals surface area contributed by atoms with Crippen LogP contribution in [0.25, 0.3) is 11.1 Å². The highest BCUT2D eigenvalue weighted by atomic mass is 32.9. The van der Waals surface area contributed by atoms with E-state index in [0.29, 0.717) is 6.61 Å². The molecule has 128 valence electrons. The predicted octanol–water partition coefficient (Wildman–Crippen LogP) is 5.84. The summed E-state index contributed by atoms with van der Waals surface area (Å²) in [6.45, 7) is 10.7. The maximum absolute atomic E-state index is 13.0. The number of rotatable bonds is 3. The van der Waals surface area contributed by atoms with Gasteiger partial charge in [-0.15, -0.1) is 0 Å². The number of nitrogens with zero attached hydrogens (tertiary/aromatic N) is 1. The Morgan fingerprint density at radius 3 is 2.67 bits per heavy atom. The Balaban J connectivity index is 2.30. The van der Waals surface area contributed by atoms with Crippen molar-refractivity contribution in [2.45, 2.75) is 40.2 Å². The predicted molar refractivity (Wildman–Crippen MR) is 105 cm³/mol. The Morgan fingerprint density at radius 1 is 1.33 bits per heavy atom. The Kier molecular flexibility index (Phi) is 4.57. The van der Waals surface area contributed by atoms with E-state index in [1.807, 2.05) is 43.9 Å². The quantitative estimate of drug-likeness (QED) is 0.495. The minimum atomic E-state index is -0.408. The van der Waals surface area contributed by atoms with E-state index in [4.69, 9.17) is 17.0 Å². The monoisotopic (exact) mass is 379 g/mol. The minimum Gasteiger partial charge on any atom is -0.494 e. The molecule has 0 bridgehead atoms. The summed E-state index contributed by atoms with van der Waals surface area (Å²) in [6.07, 6.45) is 0. The lowest BCUT2D eigenvalue weighted by molar-refractivity contribution is -0.122. The molecule has 0 unspecified atom stereocenters. The number of hydrogen-bond acceptors (Lipinski definition) is 5. The lowest BCUT2D eigenvalue weighted by Gasteiger charge is -2.43. The Morgan fingerprint density at radius 2 is 2.04 bits per heavy atom. The van der Waals surface area contributed by atoms with Crippen molar-refractivity contribution < 1.29 is 9.53 Å². The zero-order valence-electron chi connectivity index (χ0n) is 14.5. The van der Waals surface area contributed by atoms with Gasteiger partial charge >= 0.3 is 0 Å². The van der Waals surface area contributed by atoms with E-state index in [1.54, 1.807) is 20.7 Å². The van der Waals surface area contributed by atoms with Crippen LogP contribution in [0.4, 0.5) is 5.69 Å². The highest BCUT2D eigenvalue weighted by Gasteiger charge is 2.43. The van der Waals surface area contributed by atoms with Gasteiger partial charge in [0, 0.05) is 17.0 Å². The summed E-state index contributed by atoms with van der Waals surface area (Å²) in [7, 11) is 3.28. The third-order valence-electron chi connectivity index (χ3n) is 4.25. The minimum absolute atomic E-state index is 0.0724. The highest BCUT2D eigenvalue weighted by Crippen LogP contribution is 2.53. The van der Waals surface area contributed by atoms with Crippen LogP contribution in [-0.4, -0.2) is 12.5 Å². The Bertz CT molecular complexity index is 848. The lowest BCUT2D eigenvalue weighted by atomic mass is 9.86. The maximum Gasteiger partial charge on any atom is 0.230 e. The number of hydrogen-bond donors (Lipinski definition) is 0. The van der Waals surface area contributed by atoms with Crippen LogP contribution in [0.15, 0.2) is 18.2 Å². The van der Waals surface area contributed by atoms with Gasteiger partial charge in [-0.1, -0.05) is 46.7 Å². The van der Waals surface area contributed by atoms with Crippen molar-refractivity contribution in [2.24, 2.45) is 5.92 Å². The first-order valence-corrected chi connectivity index (χ1v) is 10.6. The molecule has 0 aliphatic carbocycles. The number of amides is 1. The van der Waals surface area contributed by atoms with Gasteiger partial charge in [0.1, 0.15) is 9.57 Å². The molecule has 3 rings (SSSR count). The van der Waals surface area contributed by atoms with E-state index in [9.17, 15) is 4.79 Å². The largest absolute Gasteiger partial charge is 0.494 e. The van der Waals surface area contributed by atoms with Gasteiger partial charge in [0.2, 0.25) is 5.91 Å². The number of carbonyl (C=O) groups excluding carboxylic acids is 1. The summed E-state index contributed by atoms with van der Waals surface area (Å²) < 4.78 is 6.55. The fraction of sp³-hybridized carbons (Fsp3) is 0.444. The molecule has 24 heavy (non-hydrogen) atoms. The van der Waals surface area contributed by atoms with Crippen LogP contribution in [-0.2, 0) is 10.3 Å². The van der Waals surface area contributed by atoms with Crippen molar-refractivity contribution in [3.63, 3.8) is 0 Å². The van der Waals surface area contributed by atoms with E-state index in [-0.39, 0.29) is 11.8 Å². The van der Waals surface area contributed by atoms with Crippen molar-refractivity contribution in [1.82, 2.24) is 0 Å². The first kappa shape index (κ1) is 17.6. The van der Waals surface area contributed by atoms with Gasteiger partial charge in [0.15, 0.2) is 0 Å². The van der Waals surface area contributed by atoms with Gasteiger partial charge in [-0.05, 0) is 39.0 Å². The second kappa shape index (κ2) is 6.24. The molecule has 0 saturated carbocycles. The molecule has 1 amide bonds. The van der Waals surface area contributed by atoms with Crippen LogP contribution in [0.2, 0.25) is 0 Å². The SMILES string of the molecule is CCOc1ccc2c(c1)-c1c(ssc1=S)C(C)(C)N2C(=O)C(C)C. The van der Waals surface area contributed by atoms with E-state index in [0.717, 1.165) is 31.3 Å². The Hall–Kier alpha value is -1.24. The van der Waals surface area contributed by atoms with E-state index < -0.39 is 5.54 Å². The molecule has 1 aromatic carbocycles. The van der Waals surface area contributed by atoms with Gasteiger partial charge in [-0.3, -0.25) is 4.79 Å². The van der Waals surface area contributed by atoms with E-state index in [2.05, 4.69) is 13.8 Å². The molecule has 0 radical (unpaired) electrons. The number of carbonyl (C=O) groups is 1. The van der Waals surface area contributed by atoms with Gasteiger partial charge in [-0.2, -0.15) is 0 Å².